The maximum Gasteiger partial charge on any atom is 0.573 e. The number of likely N-dealkylation sites (tertiary alicyclic amines) is 1. The molecule has 2 aromatic rings. The van der Waals surface area contributed by atoms with Gasteiger partial charge in [0.1, 0.15) is 23.9 Å². The average Bonchev–Trinajstić information content (AvgIpc) is 3.46. The van der Waals surface area contributed by atoms with Gasteiger partial charge in [-0.05, 0) is 99.7 Å². The Labute approximate surface area is 232 Å². The molecule has 1 N–H and O–H groups in total. The molecule has 0 bridgehead atoms. The van der Waals surface area contributed by atoms with Crippen LogP contribution in [0, 0.1) is 5.92 Å². The molecule has 0 saturated carbocycles. The molecule has 10 heteroatoms. The summed E-state index contributed by atoms with van der Waals surface area (Å²) < 4.78 is 47.0. The van der Waals surface area contributed by atoms with Gasteiger partial charge in [0.15, 0.2) is 0 Å². The molecule has 7 nitrogen and oxygen atoms in total. The van der Waals surface area contributed by atoms with Crippen molar-refractivity contribution in [3.63, 3.8) is 0 Å². The van der Waals surface area contributed by atoms with Gasteiger partial charge in [-0.3, -0.25) is 4.99 Å². The van der Waals surface area contributed by atoms with Crippen LogP contribution in [0.2, 0.25) is 0 Å². The Morgan fingerprint density at radius 2 is 1.90 bits per heavy atom. The lowest BCUT2D eigenvalue weighted by molar-refractivity contribution is -0.274. The number of nitrogens with one attached hydrogen (secondary N) is 1. The Kier molecular flexibility index (Phi) is 8.84. The van der Waals surface area contributed by atoms with Gasteiger partial charge in [0.2, 0.25) is 5.90 Å². The zero-order valence-electron chi connectivity index (χ0n) is 22.6. The molecule has 0 aliphatic carbocycles. The van der Waals surface area contributed by atoms with Crippen LogP contribution in [0.4, 0.5) is 19.0 Å². The summed E-state index contributed by atoms with van der Waals surface area (Å²) in [5.74, 6) is 1.38. The number of rotatable bonds is 10. The average molecular weight is 554 g/mol. The van der Waals surface area contributed by atoms with E-state index < -0.39 is 6.36 Å². The van der Waals surface area contributed by atoms with Crippen molar-refractivity contribution in [1.29, 1.82) is 0 Å². The Hall–Kier alpha value is -3.66. The molecular formula is C30H34F3N5O2. The van der Waals surface area contributed by atoms with Crippen LogP contribution in [-0.4, -0.2) is 67.2 Å². The number of anilines is 1. The van der Waals surface area contributed by atoms with E-state index in [0.717, 1.165) is 31.7 Å². The maximum atomic E-state index is 12.4. The smallest absolute Gasteiger partial charge is 0.472 e. The van der Waals surface area contributed by atoms with Crippen molar-refractivity contribution >= 4 is 23.1 Å². The number of pyridine rings is 1. The van der Waals surface area contributed by atoms with E-state index in [1.165, 1.54) is 49.2 Å². The van der Waals surface area contributed by atoms with Gasteiger partial charge >= 0.3 is 6.36 Å². The van der Waals surface area contributed by atoms with Gasteiger partial charge < -0.3 is 19.7 Å². The molecule has 0 spiro atoms. The fourth-order valence-corrected chi connectivity index (χ4v) is 5.07. The van der Waals surface area contributed by atoms with Crippen molar-refractivity contribution in [3.8, 4) is 5.75 Å². The summed E-state index contributed by atoms with van der Waals surface area (Å²) in [7, 11) is 0. The van der Waals surface area contributed by atoms with E-state index in [2.05, 4.69) is 44.0 Å². The molecule has 40 heavy (non-hydrogen) atoms. The number of aromatic nitrogens is 1. The number of ether oxygens (including phenoxy) is 2. The largest absolute Gasteiger partial charge is 0.573 e. The van der Waals surface area contributed by atoms with Gasteiger partial charge in [-0.1, -0.05) is 11.6 Å². The van der Waals surface area contributed by atoms with Crippen LogP contribution in [0.25, 0.3) is 5.70 Å². The second kappa shape index (κ2) is 12.7. The quantitative estimate of drug-likeness (QED) is 0.396. The Morgan fingerprint density at radius 3 is 2.60 bits per heavy atom. The van der Waals surface area contributed by atoms with Crippen molar-refractivity contribution in [2.75, 3.05) is 44.6 Å². The number of alkyl halides is 3. The standard InChI is InChI=1S/C30H34F3N5O2/c1-21-18-27(29-37-26(12-17-39-29)23-7-9-25(10-8-23)40-30(31,32)33)35-20-24(21)6-4-22-5-11-28(36-19-22)34-13-16-38-14-2-3-15-38/h5,7-12,18-19,24H,2-4,6,13-17,20H2,1H3,(H,34,36). The topological polar surface area (TPSA) is 71.3 Å². The van der Waals surface area contributed by atoms with E-state index in [1.807, 2.05) is 12.3 Å². The molecule has 1 unspecified atom stereocenters. The molecule has 1 aromatic heterocycles. The van der Waals surface area contributed by atoms with Gasteiger partial charge in [0.05, 0.1) is 5.70 Å². The first kappa shape index (κ1) is 27.9. The first-order valence-corrected chi connectivity index (χ1v) is 13.7. The fraction of sp³-hybridized carbons (Fsp3) is 0.433. The molecule has 1 aromatic carbocycles. The van der Waals surface area contributed by atoms with Gasteiger partial charge in [-0.25, -0.2) is 9.98 Å². The first-order valence-electron chi connectivity index (χ1n) is 13.7. The first-order chi connectivity index (χ1) is 19.3. The van der Waals surface area contributed by atoms with Crippen molar-refractivity contribution in [3.05, 3.63) is 71.4 Å². The van der Waals surface area contributed by atoms with Crippen molar-refractivity contribution < 1.29 is 22.6 Å². The number of hydrogen-bond acceptors (Lipinski definition) is 7. The van der Waals surface area contributed by atoms with Crippen LogP contribution in [0.3, 0.4) is 0 Å². The highest BCUT2D eigenvalue weighted by Gasteiger charge is 2.31. The number of dihydropyridines is 1. The zero-order chi connectivity index (χ0) is 28.0. The van der Waals surface area contributed by atoms with Gasteiger partial charge in [0.25, 0.3) is 0 Å². The van der Waals surface area contributed by atoms with Crippen LogP contribution >= 0.6 is 0 Å². The molecule has 3 aliphatic heterocycles. The molecule has 0 amide bonds. The van der Waals surface area contributed by atoms with Crippen LogP contribution in [0.5, 0.6) is 5.75 Å². The third-order valence-corrected chi connectivity index (χ3v) is 7.35. The number of benzene rings is 1. The van der Waals surface area contributed by atoms with E-state index in [4.69, 9.17) is 9.73 Å². The molecule has 0 radical (unpaired) electrons. The number of aliphatic imine (C=N–C) groups is 2. The lowest BCUT2D eigenvalue weighted by Gasteiger charge is -2.22. The van der Waals surface area contributed by atoms with Crippen molar-refractivity contribution in [1.82, 2.24) is 9.88 Å². The minimum absolute atomic E-state index is 0.273. The lowest BCUT2D eigenvalue weighted by Crippen LogP contribution is -2.26. The van der Waals surface area contributed by atoms with Crippen LogP contribution in [0.15, 0.2) is 70.3 Å². The normalized spacial score (nSPS) is 19.8. The van der Waals surface area contributed by atoms with E-state index in [0.29, 0.717) is 41.9 Å². The van der Waals surface area contributed by atoms with Crippen LogP contribution < -0.4 is 10.1 Å². The van der Waals surface area contributed by atoms with E-state index >= 15 is 0 Å². The fourth-order valence-electron chi connectivity index (χ4n) is 5.07. The highest BCUT2D eigenvalue weighted by Crippen LogP contribution is 2.27. The lowest BCUT2D eigenvalue weighted by atomic mass is 9.90. The number of hydrogen-bond donors (Lipinski definition) is 1. The van der Waals surface area contributed by atoms with Gasteiger partial charge in [0, 0.05) is 31.4 Å². The Morgan fingerprint density at radius 1 is 1.10 bits per heavy atom. The van der Waals surface area contributed by atoms with Crippen molar-refractivity contribution in [2.24, 2.45) is 15.9 Å². The number of nitrogens with zero attached hydrogens (tertiary/aromatic N) is 4. The minimum atomic E-state index is -4.72. The summed E-state index contributed by atoms with van der Waals surface area (Å²) in [6.07, 6.45) is 5.53. The van der Waals surface area contributed by atoms with E-state index in [-0.39, 0.29) is 5.75 Å². The molecule has 4 heterocycles. The Balaban J connectivity index is 1.12. The monoisotopic (exact) mass is 553 g/mol. The molecule has 1 fully saturated rings. The number of aryl methyl sites for hydroxylation is 1. The SMILES string of the molecule is CC1=CC(C2=NC(c3ccc(OC(F)(F)F)cc3)=CCO2)=NCC1CCc1ccc(NCCN2CCCC2)nc1. The predicted molar refractivity (Wildman–Crippen MR) is 151 cm³/mol. The second-order valence-electron chi connectivity index (χ2n) is 10.3. The molecule has 1 atom stereocenters. The molecular weight excluding hydrogens is 519 g/mol. The Bertz CT molecular complexity index is 1280. The number of halogens is 3. The van der Waals surface area contributed by atoms with Gasteiger partial charge in [-0.15, -0.1) is 13.2 Å². The highest BCUT2D eigenvalue weighted by atomic mass is 19.4. The summed E-state index contributed by atoms with van der Waals surface area (Å²) in [4.78, 5) is 16.4. The zero-order valence-corrected chi connectivity index (χ0v) is 22.6. The third kappa shape index (κ3) is 7.71. The van der Waals surface area contributed by atoms with Crippen molar-refractivity contribution in [2.45, 2.75) is 39.0 Å². The summed E-state index contributed by atoms with van der Waals surface area (Å²) >= 11 is 0. The van der Waals surface area contributed by atoms with E-state index in [1.54, 1.807) is 18.2 Å². The highest BCUT2D eigenvalue weighted by molar-refractivity contribution is 6.44. The predicted octanol–water partition coefficient (Wildman–Crippen LogP) is 5.91. The summed E-state index contributed by atoms with van der Waals surface area (Å²) in [6.45, 7) is 7.43. The van der Waals surface area contributed by atoms with Gasteiger partial charge in [-0.2, -0.15) is 0 Å². The maximum absolute atomic E-state index is 12.4. The summed E-state index contributed by atoms with van der Waals surface area (Å²) in [5.41, 5.74) is 4.40. The summed E-state index contributed by atoms with van der Waals surface area (Å²) in [6, 6.07) is 9.84. The molecule has 5 rings (SSSR count). The van der Waals surface area contributed by atoms with Crippen LogP contribution in [0.1, 0.15) is 37.3 Å². The second-order valence-corrected chi connectivity index (χ2v) is 10.3. The summed E-state index contributed by atoms with van der Waals surface area (Å²) in [5, 5.41) is 3.42. The minimum Gasteiger partial charge on any atom is -0.472 e. The van der Waals surface area contributed by atoms with Crippen LogP contribution in [-0.2, 0) is 11.2 Å². The molecule has 1 saturated heterocycles. The third-order valence-electron chi connectivity index (χ3n) is 7.35. The van der Waals surface area contributed by atoms with E-state index in [9.17, 15) is 13.2 Å². The molecule has 212 valence electrons. The molecule has 3 aliphatic rings.